The van der Waals surface area contributed by atoms with E-state index in [-0.39, 0.29) is 11.9 Å². The molecule has 0 radical (unpaired) electrons. The Kier molecular flexibility index (Phi) is 3.96. The van der Waals surface area contributed by atoms with Gasteiger partial charge in [0.15, 0.2) is 11.6 Å². The average Bonchev–Trinajstić information content (AvgIpc) is 3.26. The van der Waals surface area contributed by atoms with Gasteiger partial charge in [0.2, 0.25) is 0 Å². The van der Waals surface area contributed by atoms with Crippen molar-refractivity contribution < 1.29 is 9.21 Å². The molecule has 3 rings (SSSR count). The van der Waals surface area contributed by atoms with E-state index in [1.165, 1.54) is 0 Å². The van der Waals surface area contributed by atoms with E-state index < -0.39 is 0 Å². The second-order valence-corrected chi connectivity index (χ2v) is 5.92. The van der Waals surface area contributed by atoms with Crippen molar-refractivity contribution in [3.63, 3.8) is 0 Å². The highest BCUT2D eigenvalue weighted by Crippen LogP contribution is 2.40. The van der Waals surface area contributed by atoms with E-state index in [0.29, 0.717) is 17.5 Å². The van der Waals surface area contributed by atoms with Gasteiger partial charge in [0.25, 0.3) is 5.91 Å². The van der Waals surface area contributed by atoms with Crippen LogP contribution in [0, 0.1) is 19.8 Å². The fourth-order valence-corrected chi connectivity index (χ4v) is 2.64. The van der Waals surface area contributed by atoms with Crippen LogP contribution in [0.1, 0.15) is 59.2 Å². The first-order valence-corrected chi connectivity index (χ1v) is 7.78. The molecule has 2 aromatic heterocycles. The molecule has 0 bridgehead atoms. The van der Waals surface area contributed by atoms with Gasteiger partial charge in [-0.3, -0.25) is 4.79 Å². The number of amides is 1. The van der Waals surface area contributed by atoms with Crippen LogP contribution in [0.15, 0.2) is 22.7 Å². The van der Waals surface area contributed by atoms with E-state index in [9.17, 15) is 4.79 Å². The van der Waals surface area contributed by atoms with Crippen LogP contribution < -0.4 is 5.32 Å². The summed E-state index contributed by atoms with van der Waals surface area (Å²) >= 11 is 0. The SMILES string of the molecule is CCc1oc(C(=O)N[C@H](c2nccc(C)n2)C2CC2)cc1C. The molecule has 0 unspecified atom stereocenters. The third-order valence-corrected chi connectivity index (χ3v) is 4.04. The van der Waals surface area contributed by atoms with Crippen LogP contribution >= 0.6 is 0 Å². The summed E-state index contributed by atoms with van der Waals surface area (Å²) < 4.78 is 5.63. The molecule has 2 heterocycles. The Hall–Kier alpha value is -2.17. The number of rotatable bonds is 5. The van der Waals surface area contributed by atoms with Crippen LogP contribution in [-0.2, 0) is 6.42 Å². The lowest BCUT2D eigenvalue weighted by Crippen LogP contribution is -2.31. The molecule has 5 heteroatoms. The minimum Gasteiger partial charge on any atom is -0.456 e. The predicted molar refractivity (Wildman–Crippen MR) is 82.5 cm³/mol. The quantitative estimate of drug-likeness (QED) is 0.921. The summed E-state index contributed by atoms with van der Waals surface area (Å²) in [7, 11) is 0. The number of hydrogen-bond donors (Lipinski definition) is 1. The molecular formula is C17H21N3O2. The maximum Gasteiger partial charge on any atom is 0.287 e. The van der Waals surface area contributed by atoms with Crippen molar-refractivity contribution in [1.29, 1.82) is 0 Å². The summed E-state index contributed by atoms with van der Waals surface area (Å²) in [4.78, 5) is 21.3. The Balaban J connectivity index is 1.80. The van der Waals surface area contributed by atoms with Gasteiger partial charge < -0.3 is 9.73 Å². The van der Waals surface area contributed by atoms with Crippen LogP contribution in [0.5, 0.6) is 0 Å². The maximum atomic E-state index is 12.5. The topological polar surface area (TPSA) is 68.0 Å². The molecule has 1 amide bonds. The molecule has 22 heavy (non-hydrogen) atoms. The molecule has 0 aromatic carbocycles. The number of carbonyl (C=O) groups excluding carboxylic acids is 1. The van der Waals surface area contributed by atoms with E-state index in [1.54, 1.807) is 12.3 Å². The monoisotopic (exact) mass is 299 g/mol. The number of hydrogen-bond acceptors (Lipinski definition) is 4. The van der Waals surface area contributed by atoms with Gasteiger partial charge in [-0.1, -0.05) is 6.92 Å². The Morgan fingerprint density at radius 1 is 1.45 bits per heavy atom. The summed E-state index contributed by atoms with van der Waals surface area (Å²) in [6.07, 6.45) is 4.72. The molecule has 0 aliphatic heterocycles. The predicted octanol–water partition coefficient (Wildman–Crippen LogP) is 3.13. The zero-order valence-corrected chi connectivity index (χ0v) is 13.2. The second kappa shape index (κ2) is 5.91. The number of nitrogens with one attached hydrogen (secondary N) is 1. The number of furan rings is 1. The average molecular weight is 299 g/mol. The molecule has 1 aliphatic rings. The molecule has 116 valence electrons. The molecule has 1 fully saturated rings. The van der Waals surface area contributed by atoms with Gasteiger partial charge in [-0.2, -0.15) is 0 Å². The van der Waals surface area contributed by atoms with Crippen LogP contribution in [0.3, 0.4) is 0 Å². The zero-order chi connectivity index (χ0) is 15.7. The highest BCUT2D eigenvalue weighted by Gasteiger charge is 2.36. The van der Waals surface area contributed by atoms with Crippen LogP contribution in [0.4, 0.5) is 0 Å². The van der Waals surface area contributed by atoms with Gasteiger partial charge in [0.05, 0.1) is 6.04 Å². The molecule has 1 aliphatic carbocycles. The fourth-order valence-electron chi connectivity index (χ4n) is 2.64. The van der Waals surface area contributed by atoms with E-state index in [1.807, 2.05) is 26.8 Å². The smallest absolute Gasteiger partial charge is 0.287 e. The van der Waals surface area contributed by atoms with Crippen molar-refractivity contribution in [2.75, 3.05) is 0 Å². The number of aryl methyl sites for hydroxylation is 3. The molecule has 2 aromatic rings. The number of nitrogens with zero attached hydrogens (tertiary/aromatic N) is 2. The summed E-state index contributed by atoms with van der Waals surface area (Å²) in [6, 6.07) is 3.52. The number of carbonyl (C=O) groups is 1. The minimum absolute atomic E-state index is 0.136. The van der Waals surface area contributed by atoms with Crippen molar-refractivity contribution in [2.24, 2.45) is 5.92 Å². The lowest BCUT2D eigenvalue weighted by molar-refractivity contribution is 0.0899. The van der Waals surface area contributed by atoms with Gasteiger partial charge in [0, 0.05) is 18.3 Å². The van der Waals surface area contributed by atoms with Crippen LogP contribution in [0.2, 0.25) is 0 Å². The summed E-state index contributed by atoms with van der Waals surface area (Å²) in [5.41, 5.74) is 1.93. The summed E-state index contributed by atoms with van der Waals surface area (Å²) in [6.45, 7) is 5.91. The summed E-state index contributed by atoms with van der Waals surface area (Å²) in [5.74, 6) is 2.15. The minimum atomic E-state index is -0.190. The molecule has 0 saturated heterocycles. The Labute approximate surface area is 130 Å². The van der Waals surface area contributed by atoms with Crippen LogP contribution in [0.25, 0.3) is 0 Å². The van der Waals surface area contributed by atoms with Crippen molar-refractivity contribution >= 4 is 5.91 Å². The first-order chi connectivity index (χ1) is 10.6. The molecule has 5 nitrogen and oxygen atoms in total. The Bertz CT molecular complexity index is 689. The lowest BCUT2D eigenvalue weighted by atomic mass is 10.1. The second-order valence-electron chi connectivity index (χ2n) is 5.92. The first kappa shape index (κ1) is 14.8. The number of aromatic nitrogens is 2. The van der Waals surface area contributed by atoms with E-state index in [0.717, 1.165) is 36.3 Å². The van der Waals surface area contributed by atoms with Gasteiger partial charge in [-0.05, 0) is 50.3 Å². The van der Waals surface area contributed by atoms with Gasteiger partial charge in [0.1, 0.15) is 5.76 Å². The van der Waals surface area contributed by atoms with E-state index >= 15 is 0 Å². The highest BCUT2D eigenvalue weighted by molar-refractivity contribution is 5.92. The standard InChI is InChI=1S/C17H21N3O2/c1-4-13-10(2)9-14(22-13)17(21)20-15(12-5-6-12)16-18-8-7-11(3)19-16/h7-9,12,15H,4-6H2,1-3H3,(H,20,21)/t15-/m0/s1. The van der Waals surface area contributed by atoms with Gasteiger partial charge in [-0.15, -0.1) is 0 Å². The lowest BCUT2D eigenvalue weighted by Gasteiger charge is -2.16. The zero-order valence-electron chi connectivity index (χ0n) is 13.2. The Morgan fingerprint density at radius 3 is 2.82 bits per heavy atom. The first-order valence-electron chi connectivity index (χ1n) is 7.78. The molecule has 1 saturated carbocycles. The third kappa shape index (κ3) is 3.03. The van der Waals surface area contributed by atoms with Crippen molar-refractivity contribution in [1.82, 2.24) is 15.3 Å². The highest BCUT2D eigenvalue weighted by atomic mass is 16.4. The van der Waals surface area contributed by atoms with Crippen LogP contribution in [-0.4, -0.2) is 15.9 Å². The normalized spacial score (nSPS) is 15.6. The molecule has 1 N–H and O–H groups in total. The largest absolute Gasteiger partial charge is 0.456 e. The fraction of sp³-hybridized carbons (Fsp3) is 0.471. The van der Waals surface area contributed by atoms with Crippen molar-refractivity contribution in [2.45, 2.75) is 46.1 Å². The molecule has 0 spiro atoms. The maximum absolute atomic E-state index is 12.5. The van der Waals surface area contributed by atoms with E-state index in [4.69, 9.17) is 4.42 Å². The van der Waals surface area contributed by atoms with Crippen molar-refractivity contribution in [3.05, 3.63) is 46.9 Å². The molecule has 1 atom stereocenters. The van der Waals surface area contributed by atoms with Crippen molar-refractivity contribution in [3.8, 4) is 0 Å². The summed E-state index contributed by atoms with van der Waals surface area (Å²) in [5, 5.41) is 3.05. The van der Waals surface area contributed by atoms with E-state index in [2.05, 4.69) is 15.3 Å². The Morgan fingerprint density at radius 2 is 2.23 bits per heavy atom. The third-order valence-electron chi connectivity index (χ3n) is 4.04. The van der Waals surface area contributed by atoms with Gasteiger partial charge in [-0.25, -0.2) is 9.97 Å². The molecular weight excluding hydrogens is 278 g/mol. The van der Waals surface area contributed by atoms with Gasteiger partial charge >= 0.3 is 0 Å².